The normalized spacial score (nSPS) is 26.2. The van der Waals surface area contributed by atoms with Crippen LogP contribution in [-0.4, -0.2) is 65.2 Å². The number of ether oxygens (including phenoxy) is 3. The molecule has 266 valence electrons. The van der Waals surface area contributed by atoms with Gasteiger partial charge in [0.05, 0.1) is 23.5 Å². The molecule has 0 bridgehead atoms. The first kappa shape index (κ1) is 37.0. The van der Waals surface area contributed by atoms with E-state index >= 15 is 0 Å². The number of hydrogen-bond acceptors (Lipinski definition) is 9. The molecule has 1 heterocycles. The minimum absolute atomic E-state index is 0.0607. The van der Waals surface area contributed by atoms with E-state index in [2.05, 4.69) is 24.9 Å². The van der Waals surface area contributed by atoms with Crippen molar-refractivity contribution in [2.24, 2.45) is 22.9 Å². The average Bonchev–Trinajstić information content (AvgIpc) is 3.12. The van der Waals surface area contributed by atoms with Gasteiger partial charge in [-0.15, -0.1) is 6.58 Å². The monoisotopic (exact) mass is 692 g/mol. The number of rotatable bonds is 18. The summed E-state index contributed by atoms with van der Waals surface area (Å²) in [4.78, 5) is 18.7. The van der Waals surface area contributed by atoms with Crippen LogP contribution in [0.2, 0.25) is 0 Å². The van der Waals surface area contributed by atoms with Crippen LogP contribution < -0.4 is 14.8 Å². The highest BCUT2D eigenvalue weighted by Gasteiger charge is 2.63. The first-order valence-electron chi connectivity index (χ1n) is 17.8. The van der Waals surface area contributed by atoms with Gasteiger partial charge in [0.1, 0.15) is 18.1 Å². The Morgan fingerprint density at radius 2 is 1.88 bits per heavy atom. The van der Waals surface area contributed by atoms with Crippen molar-refractivity contribution in [3.05, 3.63) is 84.0 Å². The second kappa shape index (κ2) is 18.1. The molecule has 49 heavy (non-hydrogen) atoms. The number of carbonyl (C=O) groups excluding carboxylic acids is 1. The van der Waals surface area contributed by atoms with Gasteiger partial charge in [0.2, 0.25) is 5.79 Å². The average molecular weight is 693 g/mol. The summed E-state index contributed by atoms with van der Waals surface area (Å²) < 4.78 is 19.8. The molecule has 10 heteroatoms. The molecule has 2 aliphatic carbocycles. The van der Waals surface area contributed by atoms with Gasteiger partial charge in [-0.05, 0) is 79.5 Å². The molecule has 3 aliphatic rings. The Bertz CT molecular complexity index is 1450. The Labute approximate surface area is 295 Å². The zero-order chi connectivity index (χ0) is 34.6. The maximum atomic E-state index is 13.0. The van der Waals surface area contributed by atoms with E-state index in [0.717, 1.165) is 66.0 Å². The largest absolute Gasteiger partial charge is 0.460 e. The molecule has 1 saturated carbocycles. The molecule has 0 aromatic heterocycles. The molecule has 0 radical (unpaired) electrons. The number of benzene rings is 2. The lowest BCUT2D eigenvalue weighted by Gasteiger charge is -2.58. The van der Waals surface area contributed by atoms with Gasteiger partial charge < -0.3 is 34.6 Å². The summed E-state index contributed by atoms with van der Waals surface area (Å²) in [6.07, 6.45) is 9.24. The summed E-state index contributed by atoms with van der Waals surface area (Å²) >= 11 is 1.81. The second-order valence-electron chi connectivity index (χ2n) is 12.8. The number of hydrogen-bond donors (Lipinski definition) is 3. The van der Waals surface area contributed by atoms with Gasteiger partial charge in [0.15, 0.2) is 0 Å². The first-order chi connectivity index (χ1) is 24.0. The summed E-state index contributed by atoms with van der Waals surface area (Å²) in [5, 5.41) is 26.9. The van der Waals surface area contributed by atoms with Gasteiger partial charge in [0.25, 0.3) is 0 Å². The lowest BCUT2D eigenvalue weighted by atomic mass is 9.56. The van der Waals surface area contributed by atoms with Crippen molar-refractivity contribution >= 4 is 23.6 Å². The lowest BCUT2D eigenvalue weighted by Crippen LogP contribution is -2.64. The van der Waals surface area contributed by atoms with Gasteiger partial charge >= 0.3 is 6.09 Å². The number of carbonyl (C=O) groups is 1. The first-order valence-corrected chi connectivity index (χ1v) is 18.9. The highest BCUT2D eigenvalue weighted by molar-refractivity contribution is 8.00. The van der Waals surface area contributed by atoms with E-state index in [1.807, 2.05) is 49.4 Å². The summed E-state index contributed by atoms with van der Waals surface area (Å²) in [5.41, 5.74) is 3.96. The maximum Gasteiger partial charge on any atom is 0.412 e. The third-order valence-corrected chi connectivity index (χ3v) is 11.0. The summed E-state index contributed by atoms with van der Waals surface area (Å²) in [5.74, 6) is 1.11. The highest BCUT2D eigenvalue weighted by Crippen LogP contribution is 2.62. The number of nitrogens with zero attached hydrogens (tertiary/aromatic N) is 1. The van der Waals surface area contributed by atoms with Crippen LogP contribution in [0.15, 0.2) is 78.0 Å². The van der Waals surface area contributed by atoms with Crippen molar-refractivity contribution in [2.45, 2.75) is 82.3 Å². The van der Waals surface area contributed by atoms with E-state index in [1.165, 1.54) is 0 Å². The predicted molar refractivity (Wildman–Crippen MR) is 194 cm³/mol. The molecule has 2 aromatic rings. The molecule has 6 atom stereocenters. The maximum absolute atomic E-state index is 13.0. The minimum Gasteiger partial charge on any atom is -0.460 e. The van der Waals surface area contributed by atoms with E-state index < -0.39 is 11.9 Å². The number of amides is 1. The van der Waals surface area contributed by atoms with Crippen molar-refractivity contribution in [1.82, 2.24) is 5.32 Å². The number of unbranched alkanes of at least 4 members (excludes halogenated alkanes) is 2. The van der Waals surface area contributed by atoms with Crippen molar-refractivity contribution in [2.75, 3.05) is 32.2 Å². The van der Waals surface area contributed by atoms with Crippen molar-refractivity contribution in [3.8, 4) is 11.5 Å². The number of fused-ring (bicyclic) bond motifs is 2. The quantitative estimate of drug-likeness (QED) is 0.0842. The van der Waals surface area contributed by atoms with Crippen LogP contribution in [0.5, 0.6) is 11.5 Å². The number of nitrogens with one attached hydrogen (secondary N) is 1. The van der Waals surface area contributed by atoms with Crippen LogP contribution in [0, 0.1) is 17.8 Å². The van der Waals surface area contributed by atoms with Gasteiger partial charge in [-0.3, -0.25) is 0 Å². The van der Waals surface area contributed by atoms with Gasteiger partial charge in [-0.25, -0.2) is 4.79 Å². The number of oxime groups is 1. The van der Waals surface area contributed by atoms with Crippen LogP contribution in [0.25, 0.3) is 0 Å². The number of allylic oxidation sites excluding steroid dienone is 1. The second-order valence-corrected chi connectivity index (χ2v) is 14.3. The Morgan fingerprint density at radius 1 is 1.10 bits per heavy atom. The van der Waals surface area contributed by atoms with Crippen LogP contribution in [0.3, 0.4) is 0 Å². The predicted octanol–water partition coefficient (Wildman–Crippen LogP) is 7.38. The minimum atomic E-state index is -0.996. The van der Waals surface area contributed by atoms with Gasteiger partial charge in [-0.1, -0.05) is 67.4 Å². The van der Waals surface area contributed by atoms with Crippen molar-refractivity contribution in [1.29, 1.82) is 0 Å². The molecule has 1 fully saturated rings. The molecule has 2 aromatic carbocycles. The Hall–Kier alpha value is -3.31. The Morgan fingerprint density at radius 3 is 2.59 bits per heavy atom. The van der Waals surface area contributed by atoms with E-state index in [1.54, 1.807) is 23.9 Å². The molecule has 0 unspecified atom stereocenters. The zero-order valence-corrected chi connectivity index (χ0v) is 29.7. The Kier molecular flexibility index (Phi) is 13.6. The number of aliphatic hydroxyl groups excluding tert-OH is 2. The van der Waals surface area contributed by atoms with E-state index in [4.69, 9.17) is 24.2 Å². The van der Waals surface area contributed by atoms with E-state index in [0.29, 0.717) is 38.3 Å². The Balaban J connectivity index is 1.61. The molecule has 1 amide bonds. The number of thioether (sulfide) groups is 1. The summed E-state index contributed by atoms with van der Waals surface area (Å²) in [6.45, 7) is 9.49. The van der Waals surface area contributed by atoms with Gasteiger partial charge in [-0.2, -0.15) is 11.8 Å². The van der Waals surface area contributed by atoms with Crippen LogP contribution in [0.1, 0.15) is 75.8 Å². The summed E-state index contributed by atoms with van der Waals surface area (Å²) in [6, 6.07) is 15.4. The molecule has 9 nitrogen and oxygen atoms in total. The van der Waals surface area contributed by atoms with Crippen LogP contribution in [-0.2, 0) is 16.1 Å². The molecule has 0 spiro atoms. The highest BCUT2D eigenvalue weighted by atomic mass is 32.2. The van der Waals surface area contributed by atoms with Gasteiger partial charge in [0, 0.05) is 37.7 Å². The van der Waals surface area contributed by atoms with Crippen LogP contribution >= 0.6 is 11.8 Å². The fourth-order valence-electron chi connectivity index (χ4n) is 7.80. The van der Waals surface area contributed by atoms with Crippen molar-refractivity contribution in [3.63, 3.8) is 0 Å². The zero-order valence-electron chi connectivity index (χ0n) is 28.9. The molecule has 1 aliphatic heterocycles. The standard InChI is InChI=1S/C39H52N2O7S/c1-4-22-45-39-35(49-6-3)25-33(41-46-5-2)31-23-28(16-10-12-20-42)30(17-11-13-21-43)36(37(31)39)32-24-29(18-19-34(32)48-39)47-38(44)40-26-27-14-8-7-9-15-27/h4,7-9,14-15,18-19,23-24,28,30,35-37,42-43H,1,5-6,10-13,16-17,20-22,25-26H2,2-3H3,(H,40,44)/t28-,30+,35-,36+,37+,39+/m0/s1. The van der Waals surface area contributed by atoms with E-state index in [-0.39, 0.29) is 42.1 Å². The summed E-state index contributed by atoms with van der Waals surface area (Å²) in [7, 11) is 0. The fourth-order valence-corrected chi connectivity index (χ4v) is 8.97. The fraction of sp³-hybridized carbons (Fsp3) is 0.538. The molecule has 0 saturated heterocycles. The van der Waals surface area contributed by atoms with E-state index in [9.17, 15) is 15.0 Å². The molecular weight excluding hydrogens is 641 g/mol. The van der Waals surface area contributed by atoms with Crippen molar-refractivity contribution < 1.29 is 34.1 Å². The third kappa shape index (κ3) is 8.53. The molecule has 3 N–H and O–H groups in total. The topological polar surface area (TPSA) is 119 Å². The van der Waals surface area contributed by atoms with Crippen LogP contribution in [0.4, 0.5) is 4.79 Å². The lowest BCUT2D eigenvalue weighted by molar-refractivity contribution is -0.223. The smallest absolute Gasteiger partial charge is 0.412 e. The molecule has 5 rings (SSSR count). The number of aliphatic hydroxyl groups is 2. The SMILES string of the molecule is C=CCO[C@@]12Oc3ccc(OC(=O)NCc4ccccc4)cc3[C@H]3[C@H](CCCCO)[C@@H](CCCCO)C=C(C(=NOCC)C[C@@H]1SCC)[C@H]32. The molecular formula is C39H52N2O7S. The third-order valence-electron chi connectivity index (χ3n) is 9.78.